The summed E-state index contributed by atoms with van der Waals surface area (Å²) in [6.45, 7) is 0. The first-order valence-corrected chi connectivity index (χ1v) is 25.7. The van der Waals surface area contributed by atoms with Crippen LogP contribution in [0, 0.1) is 11.8 Å². The van der Waals surface area contributed by atoms with E-state index in [0.717, 1.165) is 45.3 Å². The molecule has 0 radical (unpaired) electrons. The molecule has 15 heteroatoms. The lowest BCUT2D eigenvalue weighted by molar-refractivity contribution is 0.101. The lowest BCUT2D eigenvalue weighted by Gasteiger charge is -2.21. The molecule has 14 nitrogen and oxygen atoms in total. The number of halogens is 1. The number of aromatic amines is 2. The monoisotopic (exact) mass is 1000 g/mol. The Labute approximate surface area is 413 Å². The third kappa shape index (κ3) is 10.9. The molecular weight excluding hydrogens is 945 g/mol. The van der Waals surface area contributed by atoms with Crippen LogP contribution in [-0.4, -0.2) is 56.6 Å². The van der Waals surface area contributed by atoms with E-state index in [1.807, 2.05) is 102 Å². The fraction of sp³-hybridized carbons (Fsp3) is 0.345. The van der Waals surface area contributed by atoms with E-state index < -0.39 is 0 Å². The average Bonchev–Trinajstić information content (AvgIpc) is 4.31. The molecule has 0 atom stereocenters. The second-order valence-corrected chi connectivity index (χ2v) is 20.3. The minimum absolute atomic E-state index is 0.0112. The quantitative estimate of drug-likeness (QED) is 0.0975. The number of anilines is 2. The number of carbonyl (C=O) groups excluding carboxylic acids is 2. The van der Waals surface area contributed by atoms with Crippen LogP contribution in [0.2, 0.25) is 0 Å². The van der Waals surface area contributed by atoms with Crippen LogP contribution >= 0.6 is 15.9 Å². The summed E-state index contributed by atoms with van der Waals surface area (Å²) in [5.41, 5.74) is 5.48. The van der Waals surface area contributed by atoms with Gasteiger partial charge in [-0.15, -0.1) is 0 Å². The molecule has 358 valence electrons. The van der Waals surface area contributed by atoms with Crippen LogP contribution in [0.15, 0.2) is 131 Å². The van der Waals surface area contributed by atoms with Gasteiger partial charge in [0.15, 0.2) is 0 Å². The van der Waals surface area contributed by atoms with Gasteiger partial charge in [-0.3, -0.25) is 29.0 Å². The number of nitrogens with zero attached hydrogens (tertiary/aromatic N) is 6. The number of hydrogen-bond acceptors (Lipinski definition) is 8. The molecule has 12 rings (SSSR count). The van der Waals surface area contributed by atoms with Crippen molar-refractivity contribution >= 4 is 60.7 Å². The fourth-order valence-corrected chi connectivity index (χ4v) is 10.5. The average molecular weight is 1000 g/mol. The Morgan fingerprint density at radius 1 is 0.614 bits per heavy atom. The molecule has 4 aromatic heterocycles. The number of benzene rings is 4. The smallest absolute Gasteiger partial charge is 0.274 e. The predicted molar refractivity (Wildman–Crippen MR) is 278 cm³/mol. The van der Waals surface area contributed by atoms with E-state index in [2.05, 4.69) is 52.1 Å². The molecule has 4 aromatic carbocycles. The largest absolute Gasteiger partial charge is 0.322 e. The van der Waals surface area contributed by atoms with Crippen molar-refractivity contribution in [2.24, 2.45) is 11.8 Å². The van der Waals surface area contributed by atoms with Crippen molar-refractivity contribution in [1.29, 1.82) is 0 Å². The molecular formula is C55H57BrN10O4. The van der Waals surface area contributed by atoms with Crippen LogP contribution in [0.1, 0.15) is 123 Å². The van der Waals surface area contributed by atoms with Gasteiger partial charge in [0.05, 0.1) is 57.8 Å². The number of carbonyl (C=O) groups is 2. The van der Waals surface area contributed by atoms with Crippen LogP contribution in [0.3, 0.4) is 0 Å². The van der Waals surface area contributed by atoms with E-state index in [1.165, 1.54) is 83.2 Å². The number of aromatic nitrogens is 8. The Kier molecular flexibility index (Phi) is 14.2. The standard InChI is InChI=1S/C25H23N5O2.C24H23N5O2.C6H11Br/c31-24(18-13-26-27-14-18)28-19-11-9-15(10-12-19)22-20-3-1-2-4-21(20)25(32)30(29-22)23(16-5-6-16)17-7-8-17;30-23(17-14-25-29(15-17)19-6-2-1-3-7-19)26-18-12-10-16(11-13-18)22-20-8-4-5-9-21(20)24(31)28-27-22;7-6-4-2-1-3-5-6/h1-4,9-14,16-17,23H,5-8H2,(H,26,27)(H,28,31);4-5,8-15,19H,1-3,6-7H2,(H,26,30)(H,28,31);6H,1-5H2. The SMILES string of the molecule is BrC1CCCCC1.O=C(Nc1ccc(-c2n[nH]c(=O)c3ccccc23)cc1)c1cnn(C2CCCCC2)c1.O=C(Nc1ccc(-c2nn(C(C3CC3)C3CC3)c(=O)c3ccccc23)cc1)c1cn[nH]c1. The van der Waals surface area contributed by atoms with E-state index in [0.29, 0.717) is 56.8 Å². The minimum Gasteiger partial charge on any atom is -0.322 e. The normalized spacial score (nSPS) is 16.3. The zero-order valence-electron chi connectivity index (χ0n) is 39.0. The van der Waals surface area contributed by atoms with Crippen LogP contribution in [0.25, 0.3) is 44.1 Å². The van der Waals surface area contributed by atoms with Crippen molar-refractivity contribution in [2.75, 3.05) is 10.6 Å². The van der Waals surface area contributed by atoms with Crippen molar-refractivity contribution in [2.45, 2.75) is 107 Å². The Morgan fingerprint density at radius 3 is 1.71 bits per heavy atom. The maximum atomic E-state index is 13.4. The van der Waals surface area contributed by atoms with Gasteiger partial charge < -0.3 is 10.6 Å². The first kappa shape index (κ1) is 46.7. The number of fused-ring (bicyclic) bond motifs is 2. The molecule has 70 heavy (non-hydrogen) atoms. The highest BCUT2D eigenvalue weighted by atomic mass is 79.9. The molecule has 8 aromatic rings. The second-order valence-electron chi connectivity index (χ2n) is 19.0. The molecule has 4 N–H and O–H groups in total. The third-order valence-corrected chi connectivity index (χ3v) is 14.9. The van der Waals surface area contributed by atoms with E-state index in [9.17, 15) is 19.2 Å². The first-order chi connectivity index (χ1) is 34.3. The van der Waals surface area contributed by atoms with E-state index >= 15 is 0 Å². The Bertz CT molecular complexity index is 3190. The summed E-state index contributed by atoms with van der Waals surface area (Å²) in [6.07, 6.45) is 24.4. The van der Waals surface area contributed by atoms with Crippen molar-refractivity contribution in [3.63, 3.8) is 0 Å². The maximum Gasteiger partial charge on any atom is 0.274 e. The van der Waals surface area contributed by atoms with Crippen molar-refractivity contribution in [1.82, 2.24) is 40.0 Å². The highest BCUT2D eigenvalue weighted by molar-refractivity contribution is 9.09. The summed E-state index contributed by atoms with van der Waals surface area (Å²) in [6, 6.07) is 30.7. The summed E-state index contributed by atoms with van der Waals surface area (Å²) < 4.78 is 3.71. The van der Waals surface area contributed by atoms with Crippen molar-refractivity contribution in [3.8, 4) is 22.5 Å². The van der Waals surface area contributed by atoms with E-state index in [4.69, 9.17) is 5.10 Å². The molecule has 4 fully saturated rings. The first-order valence-electron chi connectivity index (χ1n) is 24.8. The second kappa shape index (κ2) is 21.3. The number of nitrogens with one attached hydrogen (secondary N) is 4. The number of rotatable bonds is 10. The number of H-pyrrole nitrogens is 2. The summed E-state index contributed by atoms with van der Waals surface area (Å²) >= 11 is 3.59. The highest BCUT2D eigenvalue weighted by Gasteiger charge is 2.44. The van der Waals surface area contributed by atoms with Gasteiger partial charge in [0, 0.05) is 50.5 Å². The molecule has 0 bridgehead atoms. The molecule has 0 spiro atoms. The van der Waals surface area contributed by atoms with E-state index in [1.54, 1.807) is 23.1 Å². The van der Waals surface area contributed by atoms with E-state index in [-0.39, 0.29) is 29.0 Å². The zero-order valence-corrected chi connectivity index (χ0v) is 40.6. The number of hydrogen-bond donors (Lipinski definition) is 4. The van der Waals surface area contributed by atoms with Gasteiger partial charge in [-0.25, -0.2) is 9.78 Å². The zero-order chi connectivity index (χ0) is 48.0. The minimum atomic E-state index is -0.222. The van der Waals surface area contributed by atoms with Gasteiger partial charge in [0.2, 0.25) is 0 Å². The molecule has 4 aliphatic rings. The van der Waals surface area contributed by atoms with Gasteiger partial charge >= 0.3 is 0 Å². The van der Waals surface area contributed by atoms with Crippen LogP contribution in [-0.2, 0) is 0 Å². The molecule has 4 saturated carbocycles. The van der Waals surface area contributed by atoms with Crippen LogP contribution in [0.4, 0.5) is 11.4 Å². The topological polar surface area (TPSA) is 185 Å². The summed E-state index contributed by atoms with van der Waals surface area (Å²) in [7, 11) is 0. The molecule has 0 aliphatic heterocycles. The van der Waals surface area contributed by atoms with Gasteiger partial charge in [-0.05, 0) is 99.6 Å². The van der Waals surface area contributed by atoms with Gasteiger partial charge in [0.1, 0.15) is 0 Å². The molecule has 4 aliphatic carbocycles. The molecule has 0 unspecified atom stereocenters. The molecule has 4 heterocycles. The Hall–Kier alpha value is -7.00. The fourth-order valence-electron chi connectivity index (χ4n) is 9.87. The van der Waals surface area contributed by atoms with Crippen molar-refractivity contribution < 1.29 is 9.59 Å². The number of alkyl halides is 1. The summed E-state index contributed by atoms with van der Waals surface area (Å²) in [5, 5.41) is 31.3. The Balaban J connectivity index is 0.000000142. The summed E-state index contributed by atoms with van der Waals surface area (Å²) in [5.74, 6) is 0.743. The third-order valence-electron chi connectivity index (χ3n) is 14.0. The predicted octanol–water partition coefficient (Wildman–Crippen LogP) is 11.7. The van der Waals surface area contributed by atoms with Crippen LogP contribution in [0.5, 0.6) is 0 Å². The van der Waals surface area contributed by atoms with Crippen LogP contribution < -0.4 is 21.8 Å². The number of amides is 2. The molecule has 0 saturated heterocycles. The van der Waals surface area contributed by atoms with Gasteiger partial charge in [-0.1, -0.05) is 115 Å². The highest BCUT2D eigenvalue weighted by Crippen LogP contribution is 2.51. The maximum absolute atomic E-state index is 13.4. The van der Waals surface area contributed by atoms with Crippen molar-refractivity contribution in [3.05, 3.63) is 154 Å². The van der Waals surface area contributed by atoms with Gasteiger partial charge in [0.25, 0.3) is 22.9 Å². The van der Waals surface area contributed by atoms with Gasteiger partial charge in [-0.2, -0.15) is 20.4 Å². The lowest BCUT2D eigenvalue weighted by Crippen LogP contribution is -2.30. The molecule has 2 amide bonds. The lowest BCUT2D eigenvalue weighted by atomic mass is 9.96. The Morgan fingerprint density at radius 2 is 1.16 bits per heavy atom. The summed E-state index contributed by atoms with van der Waals surface area (Å²) in [4.78, 5) is 51.1.